The number of aliphatic carboxylic acids is 4. The lowest BCUT2D eigenvalue weighted by atomic mass is 10.00. The fraction of sp³-hybridized carbons (Fsp3) is 0.731. The Morgan fingerprint density at radius 1 is 0.412 bits per heavy atom. The van der Waals surface area contributed by atoms with Crippen molar-refractivity contribution < 1.29 is 92.7 Å². The number of hydrogen-bond donors (Lipinski definition) is 19. The molecule has 0 saturated heterocycles. The second kappa shape index (κ2) is 43.1. The molecule has 11 atom stereocenters. The van der Waals surface area contributed by atoms with Gasteiger partial charge in [-0.25, -0.2) is 4.79 Å². The van der Waals surface area contributed by atoms with Crippen molar-refractivity contribution in [1.82, 2.24) is 47.9 Å². The third kappa shape index (κ3) is 35.3. The minimum absolute atomic E-state index is 0.0588. The first-order chi connectivity index (χ1) is 39.6. The maximum atomic E-state index is 14.0. The lowest BCUT2D eigenvalue weighted by Gasteiger charge is -2.29. The molecule has 0 saturated carbocycles. The number of carboxylic acid groups (broad SMARTS) is 4. The molecule has 0 radical (unpaired) electrons. The van der Waals surface area contributed by atoms with Gasteiger partial charge in [-0.05, 0) is 116 Å². The molecule has 33 heteroatoms. The summed E-state index contributed by atoms with van der Waals surface area (Å²) in [7, 11) is 0. The number of nitrogens with one attached hydrogen (secondary N) is 9. The summed E-state index contributed by atoms with van der Waals surface area (Å²) in [6.45, 7) is 10.8. The van der Waals surface area contributed by atoms with E-state index in [2.05, 4.69) is 42.5 Å². The van der Waals surface area contributed by atoms with Gasteiger partial charge >= 0.3 is 17.9 Å². The summed E-state index contributed by atoms with van der Waals surface area (Å²) >= 11 is 0. The van der Waals surface area contributed by atoms with E-state index in [0.717, 1.165) is 20.8 Å². The zero-order valence-electron chi connectivity index (χ0n) is 49.6. The van der Waals surface area contributed by atoms with Crippen molar-refractivity contribution in [1.29, 1.82) is 0 Å². The van der Waals surface area contributed by atoms with E-state index in [0.29, 0.717) is 58.0 Å². The molecule has 0 heterocycles. The molecule has 10 amide bonds. The molecular weight excluding hydrogens is 1120 g/mol. The molecule has 486 valence electrons. The fourth-order valence-corrected chi connectivity index (χ4v) is 7.80. The number of aliphatic hydroxyl groups excluding tert-OH is 1. The van der Waals surface area contributed by atoms with Crippen molar-refractivity contribution in [2.45, 2.75) is 211 Å². The van der Waals surface area contributed by atoms with E-state index in [4.69, 9.17) is 43.7 Å². The summed E-state index contributed by atoms with van der Waals surface area (Å²) in [6.07, 6.45) is -1.63. The first kappa shape index (κ1) is 79.4. The van der Waals surface area contributed by atoms with Crippen LogP contribution >= 0.6 is 0 Å². The number of aliphatic hydroxyl groups is 1. The van der Waals surface area contributed by atoms with E-state index in [9.17, 15) is 77.6 Å². The number of amides is 10. The van der Waals surface area contributed by atoms with Crippen molar-refractivity contribution in [3.63, 3.8) is 0 Å². The quantitative estimate of drug-likeness (QED) is 0.0254. The summed E-state index contributed by atoms with van der Waals surface area (Å²) < 4.78 is 0. The Morgan fingerprint density at radius 2 is 0.776 bits per heavy atom. The van der Waals surface area contributed by atoms with Crippen LogP contribution in [0, 0.1) is 11.8 Å². The number of unbranched alkanes of at least 4 members (excludes halogenated alkanes) is 3. The number of carboxylic acids is 4. The van der Waals surface area contributed by atoms with Crippen LogP contribution in [0.5, 0.6) is 0 Å². The lowest BCUT2D eigenvalue weighted by molar-refractivity contribution is -0.147. The second-order valence-electron chi connectivity index (χ2n) is 21.0. The van der Waals surface area contributed by atoms with Crippen LogP contribution in [-0.4, -0.2) is 195 Å². The van der Waals surface area contributed by atoms with Crippen LogP contribution in [0.1, 0.15) is 145 Å². The average molecular weight is 1220 g/mol. The van der Waals surface area contributed by atoms with Crippen LogP contribution in [0.15, 0.2) is 0 Å². The summed E-state index contributed by atoms with van der Waals surface area (Å²) in [5.74, 6) is -16.2. The van der Waals surface area contributed by atoms with Crippen LogP contribution in [0.25, 0.3) is 0 Å². The third-order valence-electron chi connectivity index (χ3n) is 12.5. The van der Waals surface area contributed by atoms with Crippen LogP contribution < -0.4 is 76.5 Å². The molecule has 0 spiro atoms. The number of carbonyl (C=O) groups excluding carboxylic acids is 10. The highest BCUT2D eigenvalue weighted by atomic mass is 16.4. The van der Waals surface area contributed by atoms with Crippen LogP contribution in [0.2, 0.25) is 0 Å². The Hall–Kier alpha value is -7.62. The summed E-state index contributed by atoms with van der Waals surface area (Å²) in [6, 6.07) is -15.0. The SMILES string of the molecule is CC(=O)O.CC(C)C[C@H](NC(=O)[C@H](CCC(=O)O)NC(=O)[C@H](CCC(N)=O)NC(=O)[C@H](C)NC(=O)[C@@H](NC(=O)[C@@H](NC(=O)[C@H](CCCCN)NC(=O)[C@H](CCCCN)NC(=O)[C@@H](N)CCCCN)C(C)C)[C@@H](C)O)C(=O)N[C@@H](CC(=O)O)C(=O)O. The van der Waals surface area contributed by atoms with Gasteiger partial charge in [0.1, 0.15) is 54.4 Å². The Kier molecular flexibility index (Phi) is 40.3. The van der Waals surface area contributed by atoms with Crippen molar-refractivity contribution in [2.24, 2.45) is 40.5 Å². The second-order valence-corrected chi connectivity index (χ2v) is 21.0. The first-order valence-corrected chi connectivity index (χ1v) is 28.0. The van der Waals surface area contributed by atoms with E-state index in [1.807, 2.05) is 5.32 Å². The molecule has 0 aliphatic carbocycles. The normalized spacial score (nSPS) is 14.8. The van der Waals surface area contributed by atoms with E-state index in [-0.39, 0.29) is 31.7 Å². The number of nitrogens with two attached hydrogens (primary N) is 5. The van der Waals surface area contributed by atoms with Gasteiger partial charge in [-0.2, -0.15) is 0 Å². The third-order valence-corrected chi connectivity index (χ3v) is 12.5. The Morgan fingerprint density at radius 3 is 1.18 bits per heavy atom. The molecule has 0 aromatic rings. The lowest BCUT2D eigenvalue weighted by Crippen LogP contribution is -2.62. The van der Waals surface area contributed by atoms with Gasteiger partial charge in [0.2, 0.25) is 59.1 Å². The smallest absolute Gasteiger partial charge is 0.326 e. The van der Waals surface area contributed by atoms with Gasteiger partial charge in [-0.3, -0.25) is 62.3 Å². The number of hydrogen-bond acceptors (Lipinski definition) is 19. The van der Waals surface area contributed by atoms with Gasteiger partial charge in [0.15, 0.2) is 0 Å². The minimum Gasteiger partial charge on any atom is -0.481 e. The van der Waals surface area contributed by atoms with E-state index in [1.54, 1.807) is 27.7 Å². The average Bonchev–Trinajstić information content (AvgIpc) is 3.62. The first-order valence-electron chi connectivity index (χ1n) is 28.0. The topological polar surface area (TPSA) is 578 Å². The maximum absolute atomic E-state index is 14.0. The van der Waals surface area contributed by atoms with Crippen molar-refractivity contribution >= 4 is 82.9 Å². The molecule has 0 rings (SSSR count). The summed E-state index contributed by atoms with van der Waals surface area (Å²) in [5.41, 5.74) is 28.3. The standard InChI is InChI=1S/C50H90N14O17.C2H4O2/c1-25(2)23-34(47(77)62-35(50(80)81)24-38(69)70)61-45(75)33(17-19-37(67)68)60-44(74)32(16-18-36(55)66)57-41(71)27(5)56-49(79)40(28(6)65)64-48(78)39(26(3)4)63-46(76)31(15-9-12-22-53)59-43(73)30(14-8-11-21-52)58-42(72)29(54)13-7-10-20-51;1-2(3)4/h25-35,39-40,65H,7-24,51-54H2,1-6H3,(H2,55,66)(H,56,79)(H,57,71)(H,58,72)(H,59,73)(H,60,74)(H,61,75)(H,62,77)(H,63,76)(H,64,78)(H,67,68)(H,69,70)(H,80,81);1H3,(H,3,4)/t27-,28+,29-,30-,31-,32-,33-,34-,35-,39-,40-;/m0./s1. The van der Waals surface area contributed by atoms with Crippen molar-refractivity contribution in [3.8, 4) is 0 Å². The Bertz CT molecular complexity index is 2220. The van der Waals surface area contributed by atoms with Crippen molar-refractivity contribution in [2.75, 3.05) is 19.6 Å². The number of rotatable bonds is 43. The Balaban J connectivity index is 0. The van der Waals surface area contributed by atoms with Gasteiger partial charge in [-0.15, -0.1) is 0 Å². The molecule has 0 aromatic carbocycles. The van der Waals surface area contributed by atoms with E-state index >= 15 is 0 Å². The predicted octanol–water partition coefficient (Wildman–Crippen LogP) is -5.05. The fourth-order valence-electron chi connectivity index (χ4n) is 7.80. The summed E-state index contributed by atoms with van der Waals surface area (Å²) in [5, 5.41) is 67.7. The predicted molar refractivity (Wildman–Crippen MR) is 304 cm³/mol. The highest BCUT2D eigenvalue weighted by Crippen LogP contribution is 2.12. The van der Waals surface area contributed by atoms with Gasteiger partial charge in [0.05, 0.1) is 18.6 Å². The van der Waals surface area contributed by atoms with Gasteiger partial charge in [-0.1, -0.05) is 34.1 Å². The molecule has 0 bridgehead atoms. The molecule has 0 aliphatic rings. The minimum atomic E-state index is -1.90. The maximum Gasteiger partial charge on any atom is 0.326 e. The molecule has 24 N–H and O–H groups in total. The van der Waals surface area contributed by atoms with Gasteiger partial charge in [0.25, 0.3) is 5.97 Å². The molecule has 33 nitrogen and oxygen atoms in total. The zero-order valence-corrected chi connectivity index (χ0v) is 49.6. The van der Waals surface area contributed by atoms with E-state index < -0.39 is 187 Å². The van der Waals surface area contributed by atoms with Crippen LogP contribution in [-0.2, 0) is 67.1 Å². The molecule has 0 aromatic heterocycles. The molecule has 85 heavy (non-hydrogen) atoms. The monoisotopic (exact) mass is 1220 g/mol. The summed E-state index contributed by atoms with van der Waals surface area (Å²) in [4.78, 5) is 178. The molecule has 0 unspecified atom stereocenters. The zero-order chi connectivity index (χ0) is 65.7. The highest BCUT2D eigenvalue weighted by Gasteiger charge is 2.37. The molecule has 0 aliphatic heterocycles. The van der Waals surface area contributed by atoms with Gasteiger partial charge in [0, 0.05) is 19.8 Å². The Labute approximate surface area is 493 Å². The van der Waals surface area contributed by atoms with Crippen LogP contribution in [0.3, 0.4) is 0 Å². The number of carbonyl (C=O) groups is 14. The number of primary amides is 1. The van der Waals surface area contributed by atoms with Crippen LogP contribution in [0.4, 0.5) is 0 Å². The van der Waals surface area contributed by atoms with Crippen molar-refractivity contribution in [3.05, 3.63) is 0 Å². The molecular formula is C52H94N14O19. The molecule has 0 fully saturated rings. The largest absolute Gasteiger partial charge is 0.481 e. The van der Waals surface area contributed by atoms with Gasteiger partial charge < -0.3 is 102 Å². The van der Waals surface area contributed by atoms with E-state index in [1.165, 1.54) is 0 Å². The highest BCUT2D eigenvalue weighted by molar-refractivity contribution is 5.99.